The van der Waals surface area contributed by atoms with Gasteiger partial charge in [0.05, 0.1) is 0 Å². The summed E-state index contributed by atoms with van der Waals surface area (Å²) in [4.78, 5) is 27.8. The molecule has 0 radical (unpaired) electrons. The number of carbonyl (C=O) groups excluding carboxylic acids is 2. The van der Waals surface area contributed by atoms with Crippen LogP contribution in [0.2, 0.25) is 0 Å². The number of hydrogen-bond donors (Lipinski definition) is 2. The summed E-state index contributed by atoms with van der Waals surface area (Å²) in [7, 11) is 0. The summed E-state index contributed by atoms with van der Waals surface area (Å²) in [6.45, 7) is 8.13. The van der Waals surface area contributed by atoms with Gasteiger partial charge in [0.2, 0.25) is 5.91 Å². The van der Waals surface area contributed by atoms with E-state index in [1.165, 1.54) is 32.4 Å². The van der Waals surface area contributed by atoms with Gasteiger partial charge in [0, 0.05) is 18.7 Å². The van der Waals surface area contributed by atoms with Crippen LogP contribution in [0.15, 0.2) is 24.3 Å². The zero-order chi connectivity index (χ0) is 20.4. The second-order valence-electron chi connectivity index (χ2n) is 7.89. The monoisotopic (exact) mass is 405 g/mol. The van der Waals surface area contributed by atoms with Crippen molar-refractivity contribution in [2.45, 2.75) is 45.6 Å². The summed E-state index contributed by atoms with van der Waals surface area (Å²) in [6, 6.07) is 6.95. The Bertz CT molecular complexity index is 632. The predicted molar refractivity (Wildman–Crippen MR) is 118 cm³/mol. The summed E-state index contributed by atoms with van der Waals surface area (Å²) >= 11 is 1.68. The van der Waals surface area contributed by atoms with E-state index in [0.717, 1.165) is 17.9 Å². The Morgan fingerprint density at radius 3 is 2.64 bits per heavy atom. The number of thioether (sulfide) groups is 1. The first-order valence-electron chi connectivity index (χ1n) is 10.4. The van der Waals surface area contributed by atoms with Crippen LogP contribution in [0.1, 0.15) is 48.5 Å². The van der Waals surface area contributed by atoms with Crippen LogP contribution in [0.4, 0.5) is 0 Å². The smallest absolute Gasteiger partial charge is 0.251 e. The maximum atomic E-state index is 12.7. The Hall–Kier alpha value is -1.53. The topological polar surface area (TPSA) is 61.4 Å². The fourth-order valence-electron chi connectivity index (χ4n) is 3.58. The van der Waals surface area contributed by atoms with Crippen molar-refractivity contribution in [3.63, 3.8) is 0 Å². The van der Waals surface area contributed by atoms with Gasteiger partial charge >= 0.3 is 0 Å². The van der Waals surface area contributed by atoms with E-state index in [9.17, 15) is 9.59 Å². The molecule has 28 heavy (non-hydrogen) atoms. The zero-order valence-electron chi connectivity index (χ0n) is 17.5. The fourth-order valence-corrected chi connectivity index (χ4v) is 4.05. The SMILES string of the molecule is CSCCC(NC(=O)c1cccc(C)c1)C(=O)NCC(C)CN1CCCCC1. The van der Waals surface area contributed by atoms with Gasteiger partial charge in [0.1, 0.15) is 6.04 Å². The summed E-state index contributed by atoms with van der Waals surface area (Å²) in [6.07, 6.45) is 6.53. The van der Waals surface area contributed by atoms with Crippen molar-refractivity contribution in [3.8, 4) is 0 Å². The van der Waals surface area contributed by atoms with E-state index >= 15 is 0 Å². The minimum atomic E-state index is -0.498. The van der Waals surface area contributed by atoms with E-state index in [1.807, 2.05) is 31.4 Å². The van der Waals surface area contributed by atoms with Gasteiger partial charge in [-0.2, -0.15) is 11.8 Å². The molecule has 0 spiro atoms. The molecular formula is C22H35N3O2S. The average Bonchev–Trinajstić information content (AvgIpc) is 2.70. The van der Waals surface area contributed by atoms with Gasteiger partial charge in [0.25, 0.3) is 5.91 Å². The molecule has 0 saturated carbocycles. The van der Waals surface area contributed by atoms with Gasteiger partial charge in [0.15, 0.2) is 0 Å². The van der Waals surface area contributed by atoms with Crippen molar-refractivity contribution in [3.05, 3.63) is 35.4 Å². The lowest BCUT2D eigenvalue weighted by Crippen LogP contribution is -2.48. The Balaban J connectivity index is 1.86. The number of hydrogen-bond acceptors (Lipinski definition) is 4. The molecule has 1 fully saturated rings. The van der Waals surface area contributed by atoms with Crippen molar-refractivity contribution in [1.82, 2.24) is 15.5 Å². The zero-order valence-corrected chi connectivity index (χ0v) is 18.3. The first-order chi connectivity index (χ1) is 13.5. The van der Waals surface area contributed by atoms with Crippen LogP contribution in [-0.4, -0.2) is 60.9 Å². The highest BCUT2D eigenvalue weighted by Crippen LogP contribution is 2.11. The summed E-state index contributed by atoms with van der Waals surface area (Å²) in [5, 5.41) is 5.99. The lowest BCUT2D eigenvalue weighted by molar-refractivity contribution is -0.123. The first kappa shape index (κ1) is 22.8. The third-order valence-corrected chi connectivity index (χ3v) is 5.80. The number of rotatable bonds is 10. The van der Waals surface area contributed by atoms with Gasteiger partial charge < -0.3 is 15.5 Å². The normalized spacial score (nSPS) is 17.0. The van der Waals surface area contributed by atoms with Crippen molar-refractivity contribution in [2.24, 2.45) is 5.92 Å². The van der Waals surface area contributed by atoms with Gasteiger partial charge in [-0.05, 0) is 69.3 Å². The maximum absolute atomic E-state index is 12.7. The van der Waals surface area contributed by atoms with Crippen LogP contribution < -0.4 is 10.6 Å². The highest BCUT2D eigenvalue weighted by molar-refractivity contribution is 7.98. The number of nitrogens with zero attached hydrogens (tertiary/aromatic N) is 1. The quantitative estimate of drug-likeness (QED) is 0.628. The Kier molecular flexibility index (Phi) is 9.85. The van der Waals surface area contributed by atoms with Crippen molar-refractivity contribution in [1.29, 1.82) is 0 Å². The number of piperidine rings is 1. The Morgan fingerprint density at radius 2 is 1.96 bits per heavy atom. The highest BCUT2D eigenvalue weighted by atomic mass is 32.2. The molecule has 0 bridgehead atoms. The number of carbonyl (C=O) groups is 2. The van der Waals surface area contributed by atoms with Gasteiger partial charge in [-0.1, -0.05) is 31.0 Å². The molecule has 2 rings (SSSR count). The lowest BCUT2D eigenvalue weighted by Gasteiger charge is -2.29. The Labute approximate surface area is 174 Å². The number of benzene rings is 1. The third kappa shape index (κ3) is 7.84. The molecule has 0 aliphatic carbocycles. The molecule has 1 aliphatic heterocycles. The van der Waals surface area contributed by atoms with E-state index < -0.39 is 6.04 Å². The predicted octanol–water partition coefficient (Wildman–Crippen LogP) is 3.08. The highest BCUT2D eigenvalue weighted by Gasteiger charge is 2.22. The standard InChI is InChI=1S/C22H35N3O2S/c1-17-8-7-9-19(14-17)21(26)24-20(10-13-28-3)22(27)23-15-18(2)16-25-11-5-4-6-12-25/h7-9,14,18,20H,4-6,10-13,15-16H2,1-3H3,(H,23,27)(H,24,26). The maximum Gasteiger partial charge on any atom is 0.251 e. The first-order valence-corrected chi connectivity index (χ1v) is 11.8. The molecule has 5 nitrogen and oxygen atoms in total. The van der Waals surface area contributed by atoms with Crippen molar-refractivity contribution < 1.29 is 9.59 Å². The van der Waals surface area contributed by atoms with Crippen LogP contribution in [-0.2, 0) is 4.79 Å². The molecule has 2 unspecified atom stereocenters. The van der Waals surface area contributed by atoms with Crippen LogP contribution in [0, 0.1) is 12.8 Å². The van der Waals surface area contributed by atoms with Crippen molar-refractivity contribution >= 4 is 23.6 Å². The summed E-state index contributed by atoms with van der Waals surface area (Å²) < 4.78 is 0. The number of nitrogens with one attached hydrogen (secondary N) is 2. The average molecular weight is 406 g/mol. The molecule has 6 heteroatoms. The fraction of sp³-hybridized carbons (Fsp3) is 0.636. The van der Waals surface area contributed by atoms with E-state index in [2.05, 4.69) is 22.5 Å². The second kappa shape index (κ2) is 12.1. The largest absolute Gasteiger partial charge is 0.354 e. The van der Waals surface area contributed by atoms with E-state index in [1.54, 1.807) is 17.8 Å². The van der Waals surface area contributed by atoms with Crippen LogP contribution in [0.25, 0.3) is 0 Å². The van der Waals surface area contributed by atoms with E-state index in [-0.39, 0.29) is 11.8 Å². The van der Waals surface area contributed by atoms with Gasteiger partial charge in [-0.25, -0.2) is 0 Å². The molecule has 1 aliphatic rings. The molecule has 1 aromatic rings. The minimum absolute atomic E-state index is 0.0828. The number of likely N-dealkylation sites (tertiary alicyclic amines) is 1. The molecule has 0 aromatic heterocycles. The summed E-state index contributed by atoms with van der Waals surface area (Å²) in [5.74, 6) is 0.956. The lowest BCUT2D eigenvalue weighted by atomic mass is 10.1. The molecule has 1 heterocycles. The van der Waals surface area contributed by atoms with Crippen molar-refractivity contribution in [2.75, 3.05) is 38.2 Å². The molecule has 2 amide bonds. The van der Waals surface area contributed by atoms with Crippen LogP contribution >= 0.6 is 11.8 Å². The van der Waals surface area contributed by atoms with Crippen LogP contribution in [0.5, 0.6) is 0 Å². The number of aryl methyl sites for hydroxylation is 1. The molecule has 1 saturated heterocycles. The molecule has 2 N–H and O–H groups in total. The molecule has 156 valence electrons. The van der Waals surface area contributed by atoms with Gasteiger partial charge in [-0.3, -0.25) is 9.59 Å². The third-order valence-electron chi connectivity index (χ3n) is 5.16. The summed E-state index contributed by atoms with van der Waals surface area (Å²) in [5.41, 5.74) is 1.63. The van der Waals surface area contributed by atoms with Gasteiger partial charge in [-0.15, -0.1) is 0 Å². The van der Waals surface area contributed by atoms with Crippen LogP contribution in [0.3, 0.4) is 0 Å². The Morgan fingerprint density at radius 1 is 1.21 bits per heavy atom. The second-order valence-corrected chi connectivity index (χ2v) is 8.87. The van der Waals surface area contributed by atoms with E-state index in [4.69, 9.17) is 0 Å². The molecule has 2 atom stereocenters. The number of amides is 2. The molecule has 1 aromatic carbocycles. The molecular weight excluding hydrogens is 370 g/mol. The van der Waals surface area contributed by atoms with E-state index in [0.29, 0.717) is 24.4 Å². The minimum Gasteiger partial charge on any atom is -0.354 e.